The van der Waals surface area contributed by atoms with Crippen molar-refractivity contribution in [2.45, 2.75) is 70.8 Å². The summed E-state index contributed by atoms with van der Waals surface area (Å²) in [4.78, 5) is 24.3. The molecular weight excluding hydrogens is 452 g/mol. The van der Waals surface area contributed by atoms with Crippen LogP contribution in [0.15, 0.2) is 4.52 Å². The fourth-order valence-corrected chi connectivity index (χ4v) is 5.55. The summed E-state index contributed by atoms with van der Waals surface area (Å²) < 4.78 is 34.7. The number of carbonyl (C=O) groups is 1. The summed E-state index contributed by atoms with van der Waals surface area (Å²) in [5.41, 5.74) is 0.999. The lowest BCUT2D eigenvalue weighted by Gasteiger charge is -2.30. The molecule has 182 valence electrons. The first-order valence-electron chi connectivity index (χ1n) is 11.6. The SMILES string of the molecule is Cc1nc(CC(=O)NC2CCC(CCN3CCc4nc(OCC(F)F)sc4CC3)CC2)no1. The molecule has 0 atom stereocenters. The number of thiazole rings is 1. The lowest BCUT2D eigenvalue weighted by molar-refractivity contribution is -0.121. The first-order valence-corrected chi connectivity index (χ1v) is 12.5. The molecule has 33 heavy (non-hydrogen) atoms. The van der Waals surface area contributed by atoms with Crippen LogP contribution in [0.5, 0.6) is 5.19 Å². The summed E-state index contributed by atoms with van der Waals surface area (Å²) in [6.07, 6.45) is 4.83. The third kappa shape index (κ3) is 7.17. The zero-order valence-corrected chi connectivity index (χ0v) is 19.7. The van der Waals surface area contributed by atoms with E-state index in [9.17, 15) is 13.6 Å². The van der Waals surface area contributed by atoms with Crippen molar-refractivity contribution in [3.05, 3.63) is 22.3 Å². The molecule has 2 aromatic rings. The summed E-state index contributed by atoms with van der Waals surface area (Å²) in [5, 5.41) is 7.25. The zero-order chi connectivity index (χ0) is 23.2. The van der Waals surface area contributed by atoms with Gasteiger partial charge in [-0.15, -0.1) is 0 Å². The highest BCUT2D eigenvalue weighted by atomic mass is 32.1. The van der Waals surface area contributed by atoms with Crippen LogP contribution in [0.2, 0.25) is 0 Å². The van der Waals surface area contributed by atoms with Crippen molar-refractivity contribution in [1.82, 2.24) is 25.3 Å². The van der Waals surface area contributed by atoms with Crippen molar-refractivity contribution < 1.29 is 22.8 Å². The standard InChI is InChI=1S/C22H31F2N5O3S/c1-14-25-20(28-32-14)12-21(30)26-16-4-2-15(3-5-16)6-9-29-10-7-17-18(8-11-29)33-22(27-17)31-13-19(23)24/h15-16,19H,2-13H2,1H3,(H,26,30). The number of hydrogen-bond acceptors (Lipinski definition) is 8. The van der Waals surface area contributed by atoms with Gasteiger partial charge in [-0.1, -0.05) is 16.5 Å². The Balaban J connectivity index is 1.13. The van der Waals surface area contributed by atoms with Gasteiger partial charge in [-0.05, 0) is 51.0 Å². The van der Waals surface area contributed by atoms with Crippen LogP contribution in [0, 0.1) is 12.8 Å². The molecule has 4 rings (SSSR count). The Hall–Kier alpha value is -2.14. The Labute approximate surface area is 196 Å². The number of amides is 1. The molecule has 0 bridgehead atoms. The highest BCUT2D eigenvalue weighted by molar-refractivity contribution is 7.13. The zero-order valence-electron chi connectivity index (χ0n) is 18.9. The number of ether oxygens (including phenoxy) is 1. The number of aromatic nitrogens is 3. The molecule has 3 heterocycles. The average Bonchev–Trinajstić information content (AvgIpc) is 3.32. The maximum absolute atomic E-state index is 12.3. The maximum atomic E-state index is 12.3. The molecule has 0 aromatic carbocycles. The molecule has 1 saturated carbocycles. The molecular formula is C22H31F2N5O3S. The van der Waals surface area contributed by atoms with E-state index in [1.54, 1.807) is 6.92 Å². The van der Waals surface area contributed by atoms with E-state index < -0.39 is 13.0 Å². The van der Waals surface area contributed by atoms with Crippen molar-refractivity contribution in [3.63, 3.8) is 0 Å². The van der Waals surface area contributed by atoms with Gasteiger partial charge in [0.15, 0.2) is 12.4 Å². The third-order valence-corrected chi connectivity index (χ3v) is 7.44. The molecule has 0 spiro atoms. The molecule has 1 aliphatic heterocycles. The second-order valence-corrected chi connectivity index (χ2v) is 9.92. The lowest BCUT2D eigenvalue weighted by atomic mass is 9.84. The smallest absolute Gasteiger partial charge is 0.273 e. The summed E-state index contributed by atoms with van der Waals surface area (Å²) in [6.45, 7) is 4.07. The van der Waals surface area contributed by atoms with Crippen LogP contribution in [0.25, 0.3) is 0 Å². The number of aryl methyl sites for hydroxylation is 1. The highest BCUT2D eigenvalue weighted by Gasteiger charge is 2.25. The van der Waals surface area contributed by atoms with Crippen molar-refractivity contribution in [3.8, 4) is 5.19 Å². The number of rotatable bonds is 9. The molecule has 2 aliphatic rings. The first kappa shape index (κ1) is 24.0. The van der Waals surface area contributed by atoms with Crippen LogP contribution in [0.1, 0.15) is 54.4 Å². The van der Waals surface area contributed by atoms with E-state index in [-0.39, 0.29) is 18.4 Å². The van der Waals surface area contributed by atoms with Crippen molar-refractivity contribution >= 4 is 17.2 Å². The summed E-state index contributed by atoms with van der Waals surface area (Å²) in [6, 6.07) is 0.225. The Morgan fingerprint density at radius 3 is 2.76 bits per heavy atom. The Morgan fingerprint density at radius 2 is 2.03 bits per heavy atom. The quantitative estimate of drug-likeness (QED) is 0.586. The fourth-order valence-electron chi connectivity index (χ4n) is 4.60. The predicted octanol–water partition coefficient (Wildman–Crippen LogP) is 3.19. The van der Waals surface area contributed by atoms with E-state index in [1.165, 1.54) is 11.3 Å². The van der Waals surface area contributed by atoms with Gasteiger partial charge in [0.2, 0.25) is 11.8 Å². The van der Waals surface area contributed by atoms with Gasteiger partial charge in [0.1, 0.15) is 0 Å². The van der Waals surface area contributed by atoms with Gasteiger partial charge in [0.05, 0.1) is 12.1 Å². The fraction of sp³-hybridized carbons (Fsp3) is 0.727. The molecule has 0 saturated heterocycles. The monoisotopic (exact) mass is 483 g/mol. The number of nitrogens with zero attached hydrogens (tertiary/aromatic N) is 4. The van der Waals surface area contributed by atoms with Crippen LogP contribution < -0.4 is 10.1 Å². The molecule has 2 aromatic heterocycles. The van der Waals surface area contributed by atoms with Gasteiger partial charge in [-0.3, -0.25) is 4.79 Å². The number of hydrogen-bond donors (Lipinski definition) is 1. The molecule has 0 unspecified atom stereocenters. The molecule has 8 nitrogen and oxygen atoms in total. The second kappa shape index (κ2) is 11.3. The van der Waals surface area contributed by atoms with E-state index in [2.05, 4.69) is 25.3 Å². The molecule has 1 N–H and O–H groups in total. The van der Waals surface area contributed by atoms with Crippen LogP contribution in [-0.4, -0.2) is 64.6 Å². The van der Waals surface area contributed by atoms with Gasteiger partial charge >= 0.3 is 0 Å². The Morgan fingerprint density at radius 1 is 1.24 bits per heavy atom. The maximum Gasteiger partial charge on any atom is 0.273 e. The average molecular weight is 484 g/mol. The third-order valence-electron chi connectivity index (χ3n) is 6.37. The van der Waals surface area contributed by atoms with Gasteiger partial charge in [0, 0.05) is 37.4 Å². The second-order valence-electron chi connectivity index (χ2n) is 8.87. The van der Waals surface area contributed by atoms with Crippen molar-refractivity contribution in [2.24, 2.45) is 5.92 Å². The van der Waals surface area contributed by atoms with Crippen molar-refractivity contribution in [1.29, 1.82) is 0 Å². The van der Waals surface area contributed by atoms with Crippen LogP contribution in [-0.2, 0) is 24.1 Å². The molecule has 11 heteroatoms. The first-order chi connectivity index (χ1) is 15.9. The minimum Gasteiger partial charge on any atom is -0.464 e. The summed E-state index contributed by atoms with van der Waals surface area (Å²) in [7, 11) is 0. The van der Waals surface area contributed by atoms with E-state index in [1.807, 2.05) is 0 Å². The van der Waals surface area contributed by atoms with Gasteiger partial charge in [-0.25, -0.2) is 13.8 Å². The van der Waals surface area contributed by atoms with E-state index in [4.69, 9.17) is 9.26 Å². The Bertz CT molecular complexity index is 888. The van der Waals surface area contributed by atoms with E-state index in [0.29, 0.717) is 22.8 Å². The normalized spacial score (nSPS) is 21.6. The number of nitrogens with one attached hydrogen (secondary N) is 1. The lowest BCUT2D eigenvalue weighted by Crippen LogP contribution is -2.39. The molecule has 1 aliphatic carbocycles. The van der Waals surface area contributed by atoms with Crippen LogP contribution >= 0.6 is 11.3 Å². The van der Waals surface area contributed by atoms with Gasteiger partial charge < -0.3 is 19.5 Å². The van der Waals surface area contributed by atoms with E-state index >= 15 is 0 Å². The minimum atomic E-state index is -2.48. The molecule has 1 fully saturated rings. The number of halogens is 2. The van der Waals surface area contributed by atoms with Gasteiger partial charge in [-0.2, -0.15) is 4.98 Å². The summed E-state index contributed by atoms with van der Waals surface area (Å²) >= 11 is 1.40. The molecule has 0 radical (unpaired) electrons. The summed E-state index contributed by atoms with van der Waals surface area (Å²) in [5.74, 6) is 1.53. The number of alkyl halides is 2. The van der Waals surface area contributed by atoms with Gasteiger partial charge in [0.25, 0.3) is 11.6 Å². The Kier molecular flexibility index (Phi) is 8.24. The largest absolute Gasteiger partial charge is 0.464 e. The number of fused-ring (bicyclic) bond motifs is 1. The minimum absolute atomic E-state index is 0.0485. The number of carbonyl (C=O) groups excluding carboxylic acids is 1. The molecule has 1 amide bonds. The highest BCUT2D eigenvalue weighted by Crippen LogP contribution is 2.30. The topological polar surface area (TPSA) is 93.4 Å². The predicted molar refractivity (Wildman–Crippen MR) is 119 cm³/mol. The van der Waals surface area contributed by atoms with Crippen molar-refractivity contribution in [2.75, 3.05) is 26.2 Å². The van der Waals surface area contributed by atoms with E-state index in [0.717, 1.165) is 75.2 Å². The van der Waals surface area contributed by atoms with Crippen LogP contribution in [0.3, 0.4) is 0 Å². The van der Waals surface area contributed by atoms with Crippen LogP contribution in [0.4, 0.5) is 8.78 Å².